The Hall–Kier alpha value is -0.120. The molecular weight excluding hydrogens is 140 g/mol. The van der Waals surface area contributed by atoms with Crippen molar-refractivity contribution in [1.82, 2.24) is 10.6 Å². The van der Waals surface area contributed by atoms with Crippen molar-refractivity contribution in [3.8, 4) is 0 Å². The third kappa shape index (κ3) is 1.41. The van der Waals surface area contributed by atoms with Gasteiger partial charge in [-0.3, -0.25) is 0 Å². The van der Waals surface area contributed by atoms with Crippen LogP contribution in [0.1, 0.15) is 19.3 Å². The Morgan fingerprint density at radius 1 is 1.36 bits per heavy atom. The van der Waals surface area contributed by atoms with Gasteiger partial charge in [0.25, 0.3) is 0 Å². The molecule has 2 heterocycles. The predicted molar refractivity (Wildman–Crippen MR) is 43.5 cm³/mol. The van der Waals surface area contributed by atoms with Gasteiger partial charge in [0, 0.05) is 12.1 Å². The number of piperidine rings is 1. The molecule has 3 heteroatoms. The van der Waals surface area contributed by atoms with Crippen molar-refractivity contribution < 1.29 is 5.11 Å². The second-order valence-electron chi connectivity index (χ2n) is 3.78. The molecule has 2 fully saturated rings. The maximum absolute atomic E-state index is 9.47. The molecule has 2 saturated heterocycles. The third-order valence-corrected chi connectivity index (χ3v) is 2.85. The first kappa shape index (κ1) is 7.53. The highest BCUT2D eigenvalue weighted by molar-refractivity contribution is 4.99. The van der Waals surface area contributed by atoms with Gasteiger partial charge in [0.05, 0.1) is 6.10 Å². The van der Waals surface area contributed by atoms with Gasteiger partial charge in [0.15, 0.2) is 0 Å². The maximum atomic E-state index is 9.47. The van der Waals surface area contributed by atoms with Crippen molar-refractivity contribution in [2.45, 2.75) is 30.9 Å². The zero-order chi connectivity index (χ0) is 7.73. The van der Waals surface area contributed by atoms with Crippen molar-refractivity contribution in [2.75, 3.05) is 19.6 Å². The number of hydrogen-bond acceptors (Lipinski definition) is 3. The third-order valence-electron chi connectivity index (χ3n) is 2.85. The highest BCUT2D eigenvalue weighted by Gasteiger charge is 2.37. The molecule has 2 aliphatic rings. The summed E-state index contributed by atoms with van der Waals surface area (Å²) in [6, 6.07) is 0. The van der Waals surface area contributed by atoms with Crippen molar-refractivity contribution in [2.24, 2.45) is 0 Å². The van der Waals surface area contributed by atoms with E-state index >= 15 is 0 Å². The largest absolute Gasteiger partial charge is 0.393 e. The lowest BCUT2D eigenvalue weighted by Crippen LogP contribution is -2.53. The standard InChI is InChI=1S/C8H16N2O/c11-7-1-3-10-8(5-7)2-4-9-6-8/h7,9-11H,1-6H2. The summed E-state index contributed by atoms with van der Waals surface area (Å²) < 4.78 is 0. The van der Waals surface area contributed by atoms with E-state index in [4.69, 9.17) is 0 Å². The zero-order valence-electron chi connectivity index (χ0n) is 6.77. The fourth-order valence-electron chi connectivity index (χ4n) is 2.20. The van der Waals surface area contributed by atoms with Crippen LogP contribution in [0.2, 0.25) is 0 Å². The van der Waals surface area contributed by atoms with Gasteiger partial charge in [-0.05, 0) is 32.4 Å². The number of nitrogens with one attached hydrogen (secondary N) is 2. The zero-order valence-corrected chi connectivity index (χ0v) is 6.77. The second-order valence-corrected chi connectivity index (χ2v) is 3.78. The van der Waals surface area contributed by atoms with Crippen LogP contribution in [-0.4, -0.2) is 36.4 Å². The normalized spacial score (nSPS) is 45.0. The first-order valence-electron chi connectivity index (χ1n) is 4.45. The molecule has 0 bridgehead atoms. The maximum Gasteiger partial charge on any atom is 0.0570 e. The number of rotatable bonds is 0. The van der Waals surface area contributed by atoms with Crippen LogP contribution in [-0.2, 0) is 0 Å². The average molecular weight is 156 g/mol. The Balaban J connectivity index is 2.00. The molecule has 0 aromatic carbocycles. The molecule has 1 spiro atoms. The minimum absolute atomic E-state index is 0.0730. The van der Waals surface area contributed by atoms with Crippen molar-refractivity contribution in [3.05, 3.63) is 0 Å². The smallest absolute Gasteiger partial charge is 0.0570 e. The summed E-state index contributed by atoms with van der Waals surface area (Å²) in [6.45, 7) is 3.10. The van der Waals surface area contributed by atoms with Crippen molar-refractivity contribution in [3.63, 3.8) is 0 Å². The molecular formula is C8H16N2O. The van der Waals surface area contributed by atoms with Crippen LogP contribution in [0.15, 0.2) is 0 Å². The van der Waals surface area contributed by atoms with Crippen LogP contribution in [0.5, 0.6) is 0 Å². The molecule has 2 aliphatic heterocycles. The van der Waals surface area contributed by atoms with E-state index in [1.807, 2.05) is 0 Å². The molecule has 3 nitrogen and oxygen atoms in total. The SMILES string of the molecule is OC1CCNC2(CCNC2)C1. The van der Waals surface area contributed by atoms with E-state index in [9.17, 15) is 5.11 Å². The Morgan fingerprint density at radius 3 is 2.91 bits per heavy atom. The van der Waals surface area contributed by atoms with Crippen LogP contribution in [0.4, 0.5) is 0 Å². The highest BCUT2D eigenvalue weighted by atomic mass is 16.3. The lowest BCUT2D eigenvalue weighted by atomic mass is 9.87. The Labute approximate surface area is 67.2 Å². The molecule has 0 aliphatic carbocycles. The lowest BCUT2D eigenvalue weighted by molar-refractivity contribution is 0.0847. The van der Waals surface area contributed by atoms with Crippen LogP contribution < -0.4 is 10.6 Å². The van der Waals surface area contributed by atoms with Gasteiger partial charge in [-0.2, -0.15) is 0 Å². The van der Waals surface area contributed by atoms with Gasteiger partial charge in [0.2, 0.25) is 0 Å². The fourth-order valence-corrected chi connectivity index (χ4v) is 2.20. The molecule has 11 heavy (non-hydrogen) atoms. The quantitative estimate of drug-likeness (QED) is 0.441. The molecule has 64 valence electrons. The van der Waals surface area contributed by atoms with Gasteiger partial charge < -0.3 is 15.7 Å². The van der Waals surface area contributed by atoms with E-state index < -0.39 is 0 Å². The Kier molecular flexibility index (Phi) is 1.87. The average Bonchev–Trinajstić information content (AvgIpc) is 2.37. The van der Waals surface area contributed by atoms with Gasteiger partial charge >= 0.3 is 0 Å². The van der Waals surface area contributed by atoms with Crippen LogP contribution in [0.3, 0.4) is 0 Å². The molecule has 0 amide bonds. The summed E-state index contributed by atoms with van der Waals surface area (Å²) in [5.41, 5.74) is 0.234. The minimum Gasteiger partial charge on any atom is -0.393 e. The van der Waals surface area contributed by atoms with E-state index in [0.29, 0.717) is 0 Å². The van der Waals surface area contributed by atoms with E-state index in [2.05, 4.69) is 10.6 Å². The number of aliphatic hydroxyl groups excluding tert-OH is 1. The van der Waals surface area contributed by atoms with Crippen molar-refractivity contribution in [1.29, 1.82) is 0 Å². The Morgan fingerprint density at radius 2 is 2.27 bits per heavy atom. The fraction of sp³-hybridized carbons (Fsp3) is 1.00. The van der Waals surface area contributed by atoms with E-state index in [0.717, 1.165) is 32.5 Å². The molecule has 2 unspecified atom stereocenters. The van der Waals surface area contributed by atoms with Gasteiger partial charge in [0.1, 0.15) is 0 Å². The molecule has 0 saturated carbocycles. The first-order chi connectivity index (χ1) is 5.31. The predicted octanol–water partition coefficient (Wildman–Crippen LogP) is -0.537. The van der Waals surface area contributed by atoms with Gasteiger partial charge in [-0.25, -0.2) is 0 Å². The first-order valence-corrected chi connectivity index (χ1v) is 4.45. The number of hydrogen-bond donors (Lipinski definition) is 3. The highest BCUT2D eigenvalue weighted by Crippen LogP contribution is 2.25. The molecule has 0 radical (unpaired) electrons. The lowest BCUT2D eigenvalue weighted by Gasteiger charge is -2.36. The second kappa shape index (κ2) is 2.73. The molecule has 3 N–H and O–H groups in total. The topological polar surface area (TPSA) is 44.3 Å². The summed E-state index contributed by atoms with van der Waals surface area (Å²) >= 11 is 0. The summed E-state index contributed by atoms with van der Waals surface area (Å²) in [5.74, 6) is 0. The minimum atomic E-state index is -0.0730. The molecule has 0 aromatic rings. The molecule has 0 aromatic heterocycles. The van der Waals surface area contributed by atoms with Gasteiger partial charge in [-0.15, -0.1) is 0 Å². The summed E-state index contributed by atoms with van der Waals surface area (Å²) in [5, 5.41) is 16.3. The summed E-state index contributed by atoms with van der Waals surface area (Å²) in [6.07, 6.45) is 2.95. The molecule has 2 atom stereocenters. The van der Waals surface area contributed by atoms with E-state index in [1.54, 1.807) is 0 Å². The Bertz CT molecular complexity index is 143. The van der Waals surface area contributed by atoms with E-state index in [1.165, 1.54) is 6.42 Å². The van der Waals surface area contributed by atoms with E-state index in [-0.39, 0.29) is 11.6 Å². The van der Waals surface area contributed by atoms with Crippen LogP contribution in [0.25, 0.3) is 0 Å². The number of aliphatic hydroxyl groups is 1. The monoisotopic (exact) mass is 156 g/mol. The van der Waals surface area contributed by atoms with Crippen LogP contribution in [0, 0.1) is 0 Å². The van der Waals surface area contributed by atoms with Crippen LogP contribution >= 0.6 is 0 Å². The molecule has 2 rings (SSSR count). The van der Waals surface area contributed by atoms with Gasteiger partial charge in [-0.1, -0.05) is 0 Å². The summed E-state index contributed by atoms with van der Waals surface area (Å²) in [7, 11) is 0. The van der Waals surface area contributed by atoms with Crippen molar-refractivity contribution >= 4 is 0 Å². The summed E-state index contributed by atoms with van der Waals surface area (Å²) in [4.78, 5) is 0.